The number of hydrogen-bond donors (Lipinski definition) is 1. The van der Waals surface area contributed by atoms with Crippen molar-refractivity contribution in [1.29, 1.82) is 0 Å². The molecule has 4 rings (SSSR count). The summed E-state index contributed by atoms with van der Waals surface area (Å²) >= 11 is 6.11. The fraction of sp³-hybridized carbons (Fsp3) is 0.192. The number of hydrogen-bond acceptors (Lipinski definition) is 5. The first-order valence-corrected chi connectivity index (χ1v) is 10.9. The first-order chi connectivity index (χ1) is 15.8. The van der Waals surface area contributed by atoms with Gasteiger partial charge >= 0.3 is 0 Å². The van der Waals surface area contributed by atoms with Gasteiger partial charge < -0.3 is 9.84 Å². The number of benzene rings is 2. The molecule has 0 bridgehead atoms. The number of pyridine rings is 1. The van der Waals surface area contributed by atoms with E-state index in [1.165, 1.54) is 4.90 Å². The SMILES string of the molecule is CCOc1ccc(/C(O)=C2\C(=O)C(=O)N(c3ccc(Cl)cc3C)C2c2ccccn2)cc1C. The smallest absolute Gasteiger partial charge is 0.300 e. The van der Waals surface area contributed by atoms with Gasteiger partial charge in [0.05, 0.1) is 17.9 Å². The molecule has 1 amide bonds. The van der Waals surface area contributed by atoms with Gasteiger partial charge in [-0.05, 0) is 80.4 Å². The van der Waals surface area contributed by atoms with Crippen LogP contribution < -0.4 is 9.64 Å². The summed E-state index contributed by atoms with van der Waals surface area (Å²) in [4.78, 5) is 32.2. The third-order valence-corrected chi connectivity index (χ3v) is 5.81. The number of aromatic nitrogens is 1. The minimum atomic E-state index is -0.891. The summed E-state index contributed by atoms with van der Waals surface area (Å²) in [5.41, 5.74) is 2.92. The zero-order valence-electron chi connectivity index (χ0n) is 18.5. The van der Waals surface area contributed by atoms with Gasteiger partial charge in [0.15, 0.2) is 0 Å². The highest BCUT2D eigenvalue weighted by atomic mass is 35.5. The first kappa shape index (κ1) is 22.6. The van der Waals surface area contributed by atoms with Crippen molar-refractivity contribution in [2.24, 2.45) is 0 Å². The van der Waals surface area contributed by atoms with Crippen LogP contribution in [0.2, 0.25) is 5.02 Å². The first-order valence-electron chi connectivity index (χ1n) is 10.6. The number of carbonyl (C=O) groups is 2. The maximum absolute atomic E-state index is 13.2. The molecule has 1 unspecified atom stereocenters. The van der Waals surface area contributed by atoms with Crippen LogP contribution in [0.25, 0.3) is 5.76 Å². The summed E-state index contributed by atoms with van der Waals surface area (Å²) < 4.78 is 5.58. The van der Waals surface area contributed by atoms with Crippen molar-refractivity contribution in [1.82, 2.24) is 4.98 Å². The highest BCUT2D eigenvalue weighted by Crippen LogP contribution is 2.43. The largest absolute Gasteiger partial charge is 0.507 e. The van der Waals surface area contributed by atoms with E-state index < -0.39 is 17.7 Å². The number of ketones is 1. The Morgan fingerprint density at radius 3 is 2.52 bits per heavy atom. The van der Waals surface area contributed by atoms with E-state index in [1.807, 2.05) is 20.8 Å². The lowest BCUT2D eigenvalue weighted by Crippen LogP contribution is -2.30. The van der Waals surface area contributed by atoms with Crippen LogP contribution in [-0.2, 0) is 9.59 Å². The number of amides is 1. The van der Waals surface area contributed by atoms with Gasteiger partial charge in [0.25, 0.3) is 11.7 Å². The van der Waals surface area contributed by atoms with Gasteiger partial charge in [-0.1, -0.05) is 17.7 Å². The monoisotopic (exact) mass is 462 g/mol. The van der Waals surface area contributed by atoms with Crippen LogP contribution in [0.5, 0.6) is 5.75 Å². The van der Waals surface area contributed by atoms with Crippen LogP contribution in [-0.4, -0.2) is 28.4 Å². The van der Waals surface area contributed by atoms with E-state index in [2.05, 4.69) is 4.98 Å². The van der Waals surface area contributed by atoms with Crippen LogP contribution in [0.4, 0.5) is 5.69 Å². The number of aliphatic hydroxyl groups is 1. The Morgan fingerprint density at radius 1 is 1.09 bits per heavy atom. The second-order valence-corrected chi connectivity index (χ2v) is 8.20. The standard InChI is InChI=1S/C26H23ClN2O4/c1-4-33-21-11-8-17(13-16(21)3)24(30)22-23(19-7-5-6-12-28-19)29(26(32)25(22)31)20-10-9-18(27)14-15(20)2/h5-14,23,30H,4H2,1-3H3/b24-22+. The van der Waals surface area contributed by atoms with Crippen molar-refractivity contribution >= 4 is 34.7 Å². The zero-order chi connectivity index (χ0) is 23.7. The predicted octanol–water partition coefficient (Wildman–Crippen LogP) is 5.38. The zero-order valence-corrected chi connectivity index (χ0v) is 19.3. The maximum Gasteiger partial charge on any atom is 0.300 e. The highest BCUT2D eigenvalue weighted by Gasteiger charge is 2.48. The Labute approximate surface area is 197 Å². The number of Topliss-reactive ketones (excluding diaryl/α,β-unsaturated/α-hetero) is 1. The van der Waals surface area contributed by atoms with E-state index in [-0.39, 0.29) is 11.3 Å². The van der Waals surface area contributed by atoms with E-state index in [0.29, 0.717) is 34.3 Å². The minimum absolute atomic E-state index is 0.0170. The van der Waals surface area contributed by atoms with Crippen molar-refractivity contribution in [2.75, 3.05) is 11.5 Å². The van der Waals surface area contributed by atoms with Crippen LogP contribution in [0.15, 0.2) is 66.4 Å². The van der Waals surface area contributed by atoms with Crippen LogP contribution in [0.1, 0.15) is 35.3 Å². The number of halogens is 1. The van der Waals surface area contributed by atoms with Crippen molar-refractivity contribution < 1.29 is 19.4 Å². The quantitative estimate of drug-likeness (QED) is 0.313. The molecule has 2 heterocycles. The van der Waals surface area contributed by atoms with Crippen LogP contribution in [0.3, 0.4) is 0 Å². The summed E-state index contributed by atoms with van der Waals surface area (Å²) in [5, 5.41) is 11.8. The lowest BCUT2D eigenvalue weighted by Gasteiger charge is -2.26. The van der Waals surface area contributed by atoms with Crippen molar-refractivity contribution in [3.63, 3.8) is 0 Å². The molecule has 7 heteroatoms. The maximum atomic E-state index is 13.2. The fourth-order valence-electron chi connectivity index (χ4n) is 4.06. The third kappa shape index (κ3) is 4.10. The van der Waals surface area contributed by atoms with Crippen LogP contribution >= 0.6 is 11.6 Å². The van der Waals surface area contributed by atoms with E-state index in [1.54, 1.807) is 60.8 Å². The van der Waals surface area contributed by atoms with Gasteiger partial charge in [-0.2, -0.15) is 0 Å². The summed E-state index contributed by atoms with van der Waals surface area (Å²) in [5.74, 6) is -1.08. The number of aliphatic hydroxyl groups excluding tert-OH is 1. The molecular formula is C26H23ClN2O4. The van der Waals surface area contributed by atoms with Gasteiger partial charge in [0.1, 0.15) is 17.6 Å². The second-order valence-electron chi connectivity index (χ2n) is 7.77. The molecule has 0 saturated carbocycles. The molecule has 0 aliphatic carbocycles. The second kappa shape index (κ2) is 9.08. The molecule has 1 aliphatic heterocycles. The highest BCUT2D eigenvalue weighted by molar-refractivity contribution is 6.51. The van der Waals surface area contributed by atoms with E-state index >= 15 is 0 Å². The Morgan fingerprint density at radius 2 is 1.88 bits per heavy atom. The van der Waals surface area contributed by atoms with E-state index in [0.717, 1.165) is 11.1 Å². The molecule has 2 aromatic carbocycles. The van der Waals surface area contributed by atoms with Crippen molar-refractivity contribution in [2.45, 2.75) is 26.8 Å². The Kier molecular flexibility index (Phi) is 6.20. The molecule has 3 aromatic rings. The Bertz CT molecular complexity index is 1270. The summed E-state index contributed by atoms with van der Waals surface area (Å²) in [6.07, 6.45) is 1.59. The van der Waals surface area contributed by atoms with Crippen molar-refractivity contribution in [3.8, 4) is 5.75 Å². The molecule has 1 fully saturated rings. The molecular weight excluding hydrogens is 440 g/mol. The van der Waals surface area contributed by atoms with Gasteiger partial charge in [-0.3, -0.25) is 19.5 Å². The molecule has 1 saturated heterocycles. The fourth-order valence-corrected chi connectivity index (χ4v) is 4.28. The molecule has 1 aliphatic rings. The molecule has 6 nitrogen and oxygen atoms in total. The topological polar surface area (TPSA) is 79.7 Å². The summed E-state index contributed by atoms with van der Waals surface area (Å²) in [6.45, 7) is 6.07. The number of nitrogens with zero attached hydrogens (tertiary/aromatic N) is 2. The van der Waals surface area contributed by atoms with E-state index in [9.17, 15) is 14.7 Å². The summed E-state index contributed by atoms with van der Waals surface area (Å²) in [7, 11) is 0. The van der Waals surface area contributed by atoms with Gasteiger partial charge in [0.2, 0.25) is 0 Å². The molecule has 168 valence electrons. The van der Waals surface area contributed by atoms with Gasteiger partial charge in [-0.25, -0.2) is 0 Å². The third-order valence-electron chi connectivity index (χ3n) is 5.58. The summed E-state index contributed by atoms with van der Waals surface area (Å²) in [6, 6.07) is 14.6. The number of ether oxygens (including phenoxy) is 1. The van der Waals surface area contributed by atoms with Gasteiger partial charge in [-0.15, -0.1) is 0 Å². The molecule has 1 atom stereocenters. The predicted molar refractivity (Wildman–Crippen MR) is 128 cm³/mol. The lowest BCUT2D eigenvalue weighted by molar-refractivity contribution is -0.132. The van der Waals surface area contributed by atoms with Crippen LogP contribution in [0, 0.1) is 13.8 Å². The number of carbonyl (C=O) groups excluding carboxylic acids is 2. The molecule has 0 spiro atoms. The Balaban J connectivity index is 1.92. The number of rotatable bonds is 5. The molecule has 1 N–H and O–H groups in total. The normalized spacial score (nSPS) is 17.5. The number of aryl methyl sites for hydroxylation is 2. The average molecular weight is 463 g/mol. The van der Waals surface area contributed by atoms with E-state index in [4.69, 9.17) is 16.3 Å². The average Bonchev–Trinajstić information content (AvgIpc) is 3.06. The number of anilines is 1. The molecule has 33 heavy (non-hydrogen) atoms. The van der Waals surface area contributed by atoms with Crippen molar-refractivity contribution in [3.05, 3.63) is 93.8 Å². The van der Waals surface area contributed by atoms with Gasteiger partial charge in [0, 0.05) is 22.5 Å². The molecule has 0 radical (unpaired) electrons. The minimum Gasteiger partial charge on any atom is -0.507 e. The lowest BCUT2D eigenvalue weighted by atomic mass is 9.97. The Hall–Kier alpha value is -3.64. The molecule has 1 aromatic heterocycles.